The number of rotatable bonds is 5. The van der Waals surface area contributed by atoms with Crippen LogP contribution in [0, 0.1) is 5.41 Å². The minimum atomic E-state index is 0.122. The van der Waals surface area contributed by atoms with Gasteiger partial charge in [-0.1, -0.05) is 20.3 Å². The van der Waals surface area contributed by atoms with Gasteiger partial charge in [0, 0.05) is 43.2 Å². The molecule has 1 unspecified atom stereocenters. The van der Waals surface area contributed by atoms with Gasteiger partial charge in [-0.05, 0) is 6.42 Å². The van der Waals surface area contributed by atoms with E-state index in [0.29, 0.717) is 6.61 Å². The van der Waals surface area contributed by atoms with E-state index in [0.717, 1.165) is 13.0 Å². The maximum atomic E-state index is 9.42. The normalized spacial score (nSPS) is 23.4. The van der Waals surface area contributed by atoms with Gasteiger partial charge in [0.15, 0.2) is 0 Å². The molecule has 1 heterocycles. The second-order valence-corrected chi connectivity index (χ2v) is 5.83. The molecule has 2 nitrogen and oxygen atoms in total. The topological polar surface area (TPSA) is 23.5 Å². The average molecular weight is 217 g/mol. The number of hydrogen-bond donors (Lipinski definition) is 1. The summed E-state index contributed by atoms with van der Waals surface area (Å²) < 4.78 is 0. The van der Waals surface area contributed by atoms with Gasteiger partial charge in [0.25, 0.3) is 0 Å². The van der Waals surface area contributed by atoms with Gasteiger partial charge in [0.2, 0.25) is 0 Å². The lowest BCUT2D eigenvalue weighted by molar-refractivity contribution is 0.0841. The molecule has 1 rings (SSSR count). The largest absolute Gasteiger partial charge is 0.396 e. The smallest absolute Gasteiger partial charge is 0.0497 e. The first-order chi connectivity index (χ1) is 6.70. The molecule has 0 spiro atoms. The van der Waals surface area contributed by atoms with Gasteiger partial charge < -0.3 is 10.0 Å². The zero-order valence-corrected chi connectivity index (χ0v) is 10.3. The fraction of sp³-hybridized carbons (Fsp3) is 1.00. The predicted octanol–water partition coefficient (Wildman–Crippen LogP) is 1.83. The van der Waals surface area contributed by atoms with Crippen molar-refractivity contribution in [1.29, 1.82) is 0 Å². The molecule has 0 aromatic rings. The maximum absolute atomic E-state index is 9.42. The van der Waals surface area contributed by atoms with Crippen LogP contribution >= 0.6 is 11.8 Å². The van der Waals surface area contributed by atoms with Crippen LogP contribution in [-0.2, 0) is 0 Å². The molecule has 84 valence electrons. The lowest BCUT2D eigenvalue weighted by Gasteiger charge is -2.35. The Hall–Kier alpha value is 0.270. The molecule has 0 aromatic carbocycles. The number of hydrogen-bond acceptors (Lipinski definition) is 3. The lowest BCUT2D eigenvalue weighted by atomic mass is 9.86. The Morgan fingerprint density at radius 3 is 2.50 bits per heavy atom. The summed E-state index contributed by atoms with van der Waals surface area (Å²) in [5.41, 5.74) is 0.122. The van der Waals surface area contributed by atoms with E-state index in [1.54, 1.807) is 0 Å². The Bertz CT molecular complexity index is 159. The molecule has 0 radical (unpaired) electrons. The zero-order chi connectivity index (χ0) is 10.4. The van der Waals surface area contributed by atoms with Crippen LogP contribution in [0.3, 0.4) is 0 Å². The van der Waals surface area contributed by atoms with E-state index in [1.165, 1.54) is 31.0 Å². The number of aliphatic hydroxyl groups excluding tert-OH is 1. The standard InChI is InChI=1S/C11H23NOS/c1-3-4-11(2,10-13)9-12-5-7-14-8-6-12/h13H,3-10H2,1-2H3. The van der Waals surface area contributed by atoms with E-state index in [1.807, 2.05) is 11.8 Å². The molecular formula is C11H23NOS. The lowest BCUT2D eigenvalue weighted by Crippen LogP contribution is -2.42. The van der Waals surface area contributed by atoms with E-state index in [9.17, 15) is 5.11 Å². The highest BCUT2D eigenvalue weighted by atomic mass is 32.2. The first-order valence-corrected chi connectivity index (χ1v) is 6.76. The molecule has 0 aromatic heterocycles. The zero-order valence-electron chi connectivity index (χ0n) is 9.46. The van der Waals surface area contributed by atoms with Gasteiger partial charge in [-0.3, -0.25) is 0 Å². The first-order valence-electron chi connectivity index (χ1n) is 5.61. The number of aliphatic hydroxyl groups is 1. The van der Waals surface area contributed by atoms with Gasteiger partial charge in [-0.25, -0.2) is 0 Å². The molecule has 1 aliphatic rings. The monoisotopic (exact) mass is 217 g/mol. The molecule has 0 amide bonds. The molecule has 1 saturated heterocycles. The van der Waals surface area contributed by atoms with Crippen molar-refractivity contribution >= 4 is 11.8 Å². The van der Waals surface area contributed by atoms with Crippen molar-refractivity contribution in [2.24, 2.45) is 5.41 Å². The molecular weight excluding hydrogens is 194 g/mol. The van der Waals surface area contributed by atoms with Gasteiger partial charge in [0.05, 0.1) is 0 Å². The van der Waals surface area contributed by atoms with Crippen molar-refractivity contribution in [2.75, 3.05) is 37.7 Å². The van der Waals surface area contributed by atoms with E-state index >= 15 is 0 Å². The molecule has 0 saturated carbocycles. The Morgan fingerprint density at radius 1 is 1.36 bits per heavy atom. The molecule has 1 atom stereocenters. The van der Waals surface area contributed by atoms with E-state index < -0.39 is 0 Å². The second kappa shape index (κ2) is 5.99. The van der Waals surface area contributed by atoms with Crippen molar-refractivity contribution < 1.29 is 5.11 Å². The fourth-order valence-electron chi connectivity index (χ4n) is 2.11. The van der Waals surface area contributed by atoms with Gasteiger partial charge in [0.1, 0.15) is 0 Å². The summed E-state index contributed by atoms with van der Waals surface area (Å²) in [5, 5.41) is 9.42. The van der Waals surface area contributed by atoms with Crippen LogP contribution in [0.25, 0.3) is 0 Å². The summed E-state index contributed by atoms with van der Waals surface area (Å²) in [6.07, 6.45) is 2.30. The average Bonchev–Trinajstić information content (AvgIpc) is 2.20. The minimum absolute atomic E-state index is 0.122. The number of nitrogens with zero attached hydrogens (tertiary/aromatic N) is 1. The molecule has 0 bridgehead atoms. The third-order valence-electron chi connectivity index (χ3n) is 2.94. The van der Waals surface area contributed by atoms with Crippen molar-refractivity contribution in [3.05, 3.63) is 0 Å². The molecule has 1 fully saturated rings. The van der Waals surface area contributed by atoms with Gasteiger partial charge in [-0.2, -0.15) is 11.8 Å². The van der Waals surface area contributed by atoms with Crippen LogP contribution in [0.4, 0.5) is 0 Å². The third-order valence-corrected chi connectivity index (χ3v) is 3.89. The molecule has 14 heavy (non-hydrogen) atoms. The first kappa shape index (κ1) is 12.3. The van der Waals surface area contributed by atoms with Gasteiger partial charge >= 0.3 is 0 Å². The van der Waals surface area contributed by atoms with Crippen molar-refractivity contribution in [1.82, 2.24) is 4.90 Å². The summed E-state index contributed by atoms with van der Waals surface area (Å²) in [4.78, 5) is 2.50. The summed E-state index contributed by atoms with van der Waals surface area (Å²) in [6, 6.07) is 0. The van der Waals surface area contributed by atoms with Crippen molar-refractivity contribution in [3.8, 4) is 0 Å². The molecule has 1 N–H and O–H groups in total. The second-order valence-electron chi connectivity index (χ2n) is 4.61. The summed E-state index contributed by atoms with van der Waals surface area (Å²) in [5.74, 6) is 2.52. The van der Waals surface area contributed by atoms with E-state index in [2.05, 4.69) is 18.7 Å². The third kappa shape index (κ3) is 3.79. The van der Waals surface area contributed by atoms with E-state index in [4.69, 9.17) is 0 Å². The Morgan fingerprint density at radius 2 is 2.00 bits per heavy atom. The van der Waals surface area contributed by atoms with Gasteiger partial charge in [-0.15, -0.1) is 0 Å². The number of thioether (sulfide) groups is 1. The van der Waals surface area contributed by atoms with Crippen molar-refractivity contribution in [2.45, 2.75) is 26.7 Å². The van der Waals surface area contributed by atoms with E-state index in [-0.39, 0.29) is 5.41 Å². The van der Waals surface area contributed by atoms with Crippen LogP contribution < -0.4 is 0 Å². The highest BCUT2D eigenvalue weighted by Gasteiger charge is 2.26. The molecule has 1 aliphatic heterocycles. The summed E-state index contributed by atoms with van der Waals surface area (Å²) in [6.45, 7) is 8.19. The maximum Gasteiger partial charge on any atom is 0.0497 e. The van der Waals surface area contributed by atoms with Crippen LogP contribution in [-0.4, -0.2) is 47.8 Å². The minimum Gasteiger partial charge on any atom is -0.396 e. The fourth-order valence-corrected chi connectivity index (χ4v) is 3.09. The Balaban J connectivity index is 2.37. The van der Waals surface area contributed by atoms with Crippen LogP contribution in [0.2, 0.25) is 0 Å². The molecule has 0 aliphatic carbocycles. The van der Waals surface area contributed by atoms with Crippen LogP contribution in [0.5, 0.6) is 0 Å². The highest BCUT2D eigenvalue weighted by molar-refractivity contribution is 7.99. The quantitative estimate of drug-likeness (QED) is 0.760. The SMILES string of the molecule is CCCC(C)(CO)CN1CCSCC1. The molecule has 3 heteroatoms. The predicted molar refractivity (Wildman–Crippen MR) is 63.9 cm³/mol. The summed E-state index contributed by atoms with van der Waals surface area (Å²) >= 11 is 2.04. The Kier molecular flexibility index (Phi) is 5.28. The highest BCUT2D eigenvalue weighted by Crippen LogP contribution is 2.25. The summed E-state index contributed by atoms with van der Waals surface area (Å²) in [7, 11) is 0. The Labute approximate surface area is 92.1 Å². The van der Waals surface area contributed by atoms with Crippen LogP contribution in [0.15, 0.2) is 0 Å². The van der Waals surface area contributed by atoms with Crippen LogP contribution in [0.1, 0.15) is 26.7 Å². The van der Waals surface area contributed by atoms with Crippen molar-refractivity contribution in [3.63, 3.8) is 0 Å².